The second kappa shape index (κ2) is 9.08. The monoisotopic (exact) mass is 422 g/mol. The summed E-state index contributed by atoms with van der Waals surface area (Å²) in [6, 6.07) is 16.8. The van der Waals surface area contributed by atoms with Crippen molar-refractivity contribution in [1.82, 2.24) is 10.6 Å². The molecule has 0 saturated carbocycles. The van der Waals surface area contributed by atoms with Crippen molar-refractivity contribution in [3.63, 3.8) is 0 Å². The SMILES string of the molecule is CN=C(NCC1CCN(c2cccc(OC)c2)C1)NC1CC(C)(C)Oc2ccccc21. The molecule has 2 aromatic carbocycles. The van der Waals surface area contributed by atoms with Crippen LogP contribution in [0, 0.1) is 5.92 Å². The fourth-order valence-corrected chi connectivity index (χ4v) is 4.57. The molecule has 0 radical (unpaired) electrons. The molecule has 0 aromatic heterocycles. The first kappa shape index (κ1) is 21.3. The van der Waals surface area contributed by atoms with Crippen molar-refractivity contribution in [2.75, 3.05) is 38.7 Å². The van der Waals surface area contributed by atoms with Gasteiger partial charge < -0.3 is 25.0 Å². The predicted octanol–water partition coefficient (Wildman–Crippen LogP) is 3.99. The Morgan fingerprint density at radius 1 is 1.23 bits per heavy atom. The van der Waals surface area contributed by atoms with Crippen molar-refractivity contribution >= 4 is 11.6 Å². The number of para-hydroxylation sites is 1. The summed E-state index contributed by atoms with van der Waals surface area (Å²) < 4.78 is 11.5. The van der Waals surface area contributed by atoms with E-state index in [9.17, 15) is 0 Å². The maximum Gasteiger partial charge on any atom is 0.191 e. The number of ether oxygens (including phenoxy) is 2. The second-order valence-electron chi connectivity index (χ2n) is 9.06. The third-order valence-electron chi connectivity index (χ3n) is 6.17. The highest BCUT2D eigenvalue weighted by atomic mass is 16.5. The molecule has 2 heterocycles. The van der Waals surface area contributed by atoms with E-state index in [2.05, 4.69) is 64.7 Å². The fourth-order valence-electron chi connectivity index (χ4n) is 4.57. The Labute approximate surface area is 185 Å². The number of nitrogens with one attached hydrogen (secondary N) is 2. The summed E-state index contributed by atoms with van der Waals surface area (Å²) in [6.45, 7) is 7.27. The maximum atomic E-state index is 6.16. The molecule has 0 spiro atoms. The summed E-state index contributed by atoms with van der Waals surface area (Å²) in [5.41, 5.74) is 2.20. The molecule has 2 atom stereocenters. The van der Waals surface area contributed by atoms with Gasteiger partial charge >= 0.3 is 0 Å². The number of hydrogen-bond donors (Lipinski definition) is 2. The summed E-state index contributed by atoms with van der Waals surface area (Å²) in [5, 5.41) is 7.19. The van der Waals surface area contributed by atoms with Crippen LogP contribution in [0.3, 0.4) is 0 Å². The Morgan fingerprint density at radius 2 is 2.06 bits per heavy atom. The Balaban J connectivity index is 1.34. The van der Waals surface area contributed by atoms with E-state index in [4.69, 9.17) is 9.47 Å². The topological polar surface area (TPSA) is 58.1 Å². The number of hydrogen-bond acceptors (Lipinski definition) is 4. The zero-order valence-electron chi connectivity index (χ0n) is 19.0. The van der Waals surface area contributed by atoms with Gasteiger partial charge in [-0.2, -0.15) is 0 Å². The van der Waals surface area contributed by atoms with E-state index in [-0.39, 0.29) is 11.6 Å². The van der Waals surface area contributed by atoms with Crippen LogP contribution in [0.15, 0.2) is 53.5 Å². The molecule has 0 aliphatic carbocycles. The fraction of sp³-hybridized carbons (Fsp3) is 0.480. The number of nitrogens with zero attached hydrogens (tertiary/aromatic N) is 2. The first-order chi connectivity index (χ1) is 15.0. The number of guanidine groups is 1. The van der Waals surface area contributed by atoms with Gasteiger partial charge in [0, 0.05) is 50.4 Å². The van der Waals surface area contributed by atoms with Crippen LogP contribution in [0.25, 0.3) is 0 Å². The smallest absolute Gasteiger partial charge is 0.191 e. The van der Waals surface area contributed by atoms with Crippen LogP contribution in [0.4, 0.5) is 5.69 Å². The molecule has 6 heteroatoms. The average molecular weight is 423 g/mol. The molecule has 1 saturated heterocycles. The maximum absolute atomic E-state index is 6.16. The van der Waals surface area contributed by atoms with E-state index in [0.717, 1.165) is 49.9 Å². The highest BCUT2D eigenvalue weighted by Gasteiger charge is 2.34. The van der Waals surface area contributed by atoms with Crippen molar-refractivity contribution < 1.29 is 9.47 Å². The van der Waals surface area contributed by atoms with Gasteiger partial charge in [0.1, 0.15) is 17.1 Å². The number of methoxy groups -OCH3 is 1. The van der Waals surface area contributed by atoms with E-state index >= 15 is 0 Å². The van der Waals surface area contributed by atoms with Crippen LogP contribution in [-0.2, 0) is 0 Å². The Hall–Kier alpha value is -2.89. The third-order valence-corrected chi connectivity index (χ3v) is 6.17. The van der Waals surface area contributed by atoms with Crippen LogP contribution < -0.4 is 25.0 Å². The second-order valence-corrected chi connectivity index (χ2v) is 9.06. The van der Waals surface area contributed by atoms with Crippen molar-refractivity contribution in [3.8, 4) is 11.5 Å². The Morgan fingerprint density at radius 3 is 2.87 bits per heavy atom. The molecule has 2 aromatic rings. The van der Waals surface area contributed by atoms with Gasteiger partial charge in [0.05, 0.1) is 13.2 Å². The lowest BCUT2D eigenvalue weighted by molar-refractivity contribution is 0.0694. The molecule has 1 fully saturated rings. The van der Waals surface area contributed by atoms with Gasteiger partial charge in [0.2, 0.25) is 0 Å². The van der Waals surface area contributed by atoms with Gasteiger partial charge in [0.15, 0.2) is 5.96 Å². The van der Waals surface area contributed by atoms with Crippen molar-refractivity contribution in [1.29, 1.82) is 0 Å². The molecule has 0 amide bonds. The number of anilines is 1. The minimum Gasteiger partial charge on any atom is -0.497 e. The summed E-state index contributed by atoms with van der Waals surface area (Å²) in [5.74, 6) is 3.28. The zero-order chi connectivity index (χ0) is 21.8. The lowest BCUT2D eigenvalue weighted by atomic mass is 9.90. The van der Waals surface area contributed by atoms with Crippen LogP contribution in [0.2, 0.25) is 0 Å². The molecule has 31 heavy (non-hydrogen) atoms. The van der Waals surface area contributed by atoms with Crippen LogP contribution in [0.1, 0.15) is 38.3 Å². The first-order valence-corrected chi connectivity index (χ1v) is 11.1. The van der Waals surface area contributed by atoms with E-state index in [1.807, 2.05) is 25.2 Å². The van der Waals surface area contributed by atoms with Gasteiger partial charge in [-0.15, -0.1) is 0 Å². The zero-order valence-corrected chi connectivity index (χ0v) is 19.0. The van der Waals surface area contributed by atoms with Gasteiger partial charge in [-0.05, 0) is 44.4 Å². The summed E-state index contributed by atoms with van der Waals surface area (Å²) in [4.78, 5) is 6.92. The largest absolute Gasteiger partial charge is 0.497 e. The van der Waals surface area contributed by atoms with Gasteiger partial charge in [-0.3, -0.25) is 4.99 Å². The van der Waals surface area contributed by atoms with Crippen LogP contribution in [-0.4, -0.2) is 45.4 Å². The lowest BCUT2D eigenvalue weighted by Gasteiger charge is -2.38. The van der Waals surface area contributed by atoms with Gasteiger partial charge in [-0.1, -0.05) is 24.3 Å². The molecular weight excluding hydrogens is 388 g/mol. The van der Waals surface area contributed by atoms with Gasteiger partial charge in [0.25, 0.3) is 0 Å². The molecular formula is C25H34N4O2. The molecule has 4 rings (SSSR count). The highest BCUT2D eigenvalue weighted by molar-refractivity contribution is 5.80. The molecule has 0 bridgehead atoms. The van der Waals surface area contributed by atoms with E-state index in [1.165, 1.54) is 11.3 Å². The molecule has 166 valence electrons. The standard InChI is InChI=1S/C25H34N4O2/c1-25(2)15-22(21-10-5-6-11-23(21)31-25)28-24(26-3)27-16-18-12-13-29(17-18)19-8-7-9-20(14-19)30-4/h5-11,14,18,22H,12-13,15-17H2,1-4H3,(H2,26,27,28). The minimum atomic E-state index is -0.215. The normalized spacial score (nSPS) is 22.5. The molecule has 2 unspecified atom stereocenters. The summed E-state index contributed by atoms with van der Waals surface area (Å²) >= 11 is 0. The van der Waals surface area contributed by atoms with Crippen molar-refractivity contribution in [2.45, 2.75) is 38.3 Å². The highest BCUT2D eigenvalue weighted by Crippen LogP contribution is 2.39. The van der Waals surface area contributed by atoms with E-state index < -0.39 is 0 Å². The van der Waals surface area contributed by atoms with Crippen LogP contribution >= 0.6 is 0 Å². The molecule has 2 aliphatic rings. The summed E-state index contributed by atoms with van der Waals surface area (Å²) in [6.07, 6.45) is 2.05. The van der Waals surface area contributed by atoms with E-state index in [1.54, 1.807) is 7.11 Å². The number of fused-ring (bicyclic) bond motifs is 1. The number of aliphatic imine (C=N–C) groups is 1. The average Bonchev–Trinajstić information content (AvgIpc) is 3.25. The Kier molecular flexibility index (Phi) is 6.25. The lowest BCUT2D eigenvalue weighted by Crippen LogP contribution is -2.46. The molecule has 2 N–H and O–H groups in total. The first-order valence-electron chi connectivity index (χ1n) is 11.1. The van der Waals surface area contributed by atoms with Crippen molar-refractivity contribution in [3.05, 3.63) is 54.1 Å². The quantitative estimate of drug-likeness (QED) is 0.564. The number of benzene rings is 2. The Bertz CT molecular complexity index is 927. The number of rotatable bonds is 5. The summed E-state index contributed by atoms with van der Waals surface area (Å²) in [7, 11) is 3.55. The van der Waals surface area contributed by atoms with Gasteiger partial charge in [-0.25, -0.2) is 0 Å². The predicted molar refractivity (Wildman–Crippen MR) is 126 cm³/mol. The minimum absolute atomic E-state index is 0.169. The van der Waals surface area contributed by atoms with Crippen molar-refractivity contribution in [2.24, 2.45) is 10.9 Å². The molecule has 6 nitrogen and oxygen atoms in total. The van der Waals surface area contributed by atoms with E-state index in [0.29, 0.717) is 5.92 Å². The third kappa shape index (κ3) is 5.06. The molecule has 2 aliphatic heterocycles. The van der Waals surface area contributed by atoms with Crippen LogP contribution in [0.5, 0.6) is 11.5 Å².